The van der Waals surface area contributed by atoms with Gasteiger partial charge in [0.25, 0.3) is 10.2 Å². The van der Waals surface area contributed by atoms with Crippen LogP contribution in [0.5, 0.6) is 0 Å². The van der Waals surface area contributed by atoms with Crippen LogP contribution in [-0.4, -0.2) is 20.2 Å². The maximum atomic E-state index is 11.7. The molecule has 0 saturated heterocycles. The molecule has 5 nitrogen and oxygen atoms in total. The highest BCUT2D eigenvalue weighted by molar-refractivity contribution is 7.90. The average Bonchev–Trinajstić information content (AvgIpc) is 3.00. The van der Waals surface area contributed by atoms with Crippen molar-refractivity contribution in [1.29, 1.82) is 0 Å². The van der Waals surface area contributed by atoms with Crippen molar-refractivity contribution in [3.63, 3.8) is 0 Å². The Morgan fingerprint density at radius 2 is 1.94 bits per heavy atom. The van der Waals surface area contributed by atoms with Crippen LogP contribution in [0.15, 0.2) is 24.3 Å². The molecule has 0 bridgehead atoms. The summed E-state index contributed by atoms with van der Waals surface area (Å²) in [5.41, 5.74) is 0.682. The van der Waals surface area contributed by atoms with Crippen molar-refractivity contribution in [3.05, 3.63) is 29.8 Å². The van der Waals surface area contributed by atoms with Gasteiger partial charge in [0, 0.05) is 11.6 Å². The fraction of sp³-hybridized carbons (Fsp3) is 0.364. The Morgan fingerprint density at radius 3 is 2.53 bits per heavy atom. The molecule has 0 heterocycles. The van der Waals surface area contributed by atoms with Crippen molar-refractivity contribution in [2.75, 3.05) is 4.72 Å². The molecule has 1 aliphatic rings. The van der Waals surface area contributed by atoms with Crippen molar-refractivity contribution in [2.45, 2.75) is 25.8 Å². The maximum absolute atomic E-state index is 11.7. The molecule has 6 heteroatoms. The Hall–Kier alpha value is -1.40. The lowest BCUT2D eigenvalue weighted by molar-refractivity contribution is 0.101. The summed E-state index contributed by atoms with van der Waals surface area (Å²) in [6.45, 7) is 1.40. The second-order valence-corrected chi connectivity index (χ2v) is 5.55. The van der Waals surface area contributed by atoms with Gasteiger partial charge in [-0.05, 0) is 31.9 Å². The molecule has 0 atom stereocenters. The standard InChI is InChI=1S/C11H14N2O3S/c1-8(14)10-4-2-3-5-11(10)13-17(15,16)12-9-6-7-9/h2-5,9,12-13H,6-7H2,1H3. The molecule has 1 aromatic carbocycles. The smallest absolute Gasteiger partial charge is 0.294 e. The molecule has 1 aromatic rings. The van der Waals surface area contributed by atoms with Gasteiger partial charge in [-0.2, -0.15) is 13.1 Å². The number of anilines is 1. The van der Waals surface area contributed by atoms with E-state index in [4.69, 9.17) is 0 Å². The van der Waals surface area contributed by atoms with Gasteiger partial charge in [0.15, 0.2) is 5.78 Å². The molecule has 1 saturated carbocycles. The number of rotatable bonds is 5. The van der Waals surface area contributed by atoms with Crippen LogP contribution < -0.4 is 9.44 Å². The fourth-order valence-electron chi connectivity index (χ4n) is 1.47. The third-order valence-electron chi connectivity index (χ3n) is 2.45. The van der Waals surface area contributed by atoms with E-state index >= 15 is 0 Å². The van der Waals surface area contributed by atoms with Gasteiger partial charge in [-0.3, -0.25) is 9.52 Å². The highest BCUT2D eigenvalue weighted by Gasteiger charge is 2.27. The Kier molecular flexibility index (Phi) is 3.17. The molecule has 0 aliphatic heterocycles. The van der Waals surface area contributed by atoms with Gasteiger partial charge in [-0.25, -0.2) is 0 Å². The van der Waals surface area contributed by atoms with Crippen molar-refractivity contribution in [3.8, 4) is 0 Å². The minimum Gasteiger partial charge on any atom is -0.294 e. The van der Waals surface area contributed by atoms with Gasteiger partial charge in [-0.15, -0.1) is 0 Å². The molecule has 2 rings (SSSR count). The number of nitrogens with one attached hydrogen (secondary N) is 2. The Labute approximate surface area is 100 Å². The van der Waals surface area contributed by atoms with Gasteiger partial charge in [0.2, 0.25) is 0 Å². The zero-order valence-corrected chi connectivity index (χ0v) is 10.3. The zero-order chi connectivity index (χ0) is 12.5. The lowest BCUT2D eigenvalue weighted by atomic mass is 10.1. The van der Waals surface area contributed by atoms with Crippen molar-refractivity contribution >= 4 is 21.7 Å². The first kappa shape index (κ1) is 12.1. The van der Waals surface area contributed by atoms with Crippen LogP contribution in [0, 0.1) is 0 Å². The molecule has 2 N–H and O–H groups in total. The summed E-state index contributed by atoms with van der Waals surface area (Å²) in [5, 5.41) is 0. The molecule has 1 fully saturated rings. The van der Waals surface area contributed by atoms with Crippen molar-refractivity contribution < 1.29 is 13.2 Å². The normalized spacial score (nSPS) is 15.6. The average molecular weight is 254 g/mol. The lowest BCUT2D eigenvalue weighted by Crippen LogP contribution is -2.32. The highest BCUT2D eigenvalue weighted by atomic mass is 32.2. The summed E-state index contributed by atoms with van der Waals surface area (Å²) in [6, 6.07) is 6.58. The Bertz CT molecular complexity index is 535. The van der Waals surface area contributed by atoms with Crippen LogP contribution in [0.1, 0.15) is 30.1 Å². The molecule has 92 valence electrons. The molecule has 0 amide bonds. The van der Waals surface area contributed by atoms with Gasteiger partial charge in [0.05, 0.1) is 5.69 Å². The molecule has 0 aromatic heterocycles. The second-order valence-electron chi connectivity index (χ2n) is 4.10. The third-order valence-corrected chi connectivity index (χ3v) is 3.58. The number of Topliss-reactive ketones (excluding diaryl/α,β-unsaturated/α-hetero) is 1. The number of carbonyl (C=O) groups excluding carboxylic acids is 1. The van der Waals surface area contributed by atoms with E-state index < -0.39 is 10.2 Å². The zero-order valence-electron chi connectivity index (χ0n) is 9.43. The summed E-state index contributed by atoms with van der Waals surface area (Å²) in [7, 11) is -3.58. The van der Waals surface area contributed by atoms with E-state index in [0.29, 0.717) is 11.3 Å². The van der Waals surface area contributed by atoms with Crippen LogP contribution in [-0.2, 0) is 10.2 Å². The summed E-state index contributed by atoms with van der Waals surface area (Å²) in [5.74, 6) is -0.172. The maximum Gasteiger partial charge on any atom is 0.299 e. The quantitative estimate of drug-likeness (QED) is 0.778. The van der Waals surface area contributed by atoms with Crippen LogP contribution in [0.2, 0.25) is 0 Å². The Balaban J connectivity index is 2.20. The van der Waals surface area contributed by atoms with Gasteiger partial charge in [-0.1, -0.05) is 12.1 Å². The van der Waals surface area contributed by atoms with E-state index in [1.54, 1.807) is 24.3 Å². The number of carbonyl (C=O) groups is 1. The minimum atomic E-state index is -3.58. The molecule has 0 unspecified atom stereocenters. The van der Waals surface area contributed by atoms with Crippen molar-refractivity contribution in [1.82, 2.24) is 4.72 Å². The van der Waals surface area contributed by atoms with E-state index in [0.717, 1.165) is 12.8 Å². The first-order valence-corrected chi connectivity index (χ1v) is 6.86. The SMILES string of the molecule is CC(=O)c1ccccc1NS(=O)(=O)NC1CC1. The first-order chi connectivity index (χ1) is 7.98. The van der Waals surface area contributed by atoms with Crippen LogP contribution in [0.3, 0.4) is 0 Å². The number of para-hydroxylation sites is 1. The lowest BCUT2D eigenvalue weighted by Gasteiger charge is -2.11. The fourth-order valence-corrected chi connectivity index (χ4v) is 2.67. The number of hydrogen-bond donors (Lipinski definition) is 2. The van der Waals surface area contributed by atoms with Crippen LogP contribution >= 0.6 is 0 Å². The third kappa shape index (κ3) is 3.28. The minimum absolute atomic E-state index is 0.0389. The Morgan fingerprint density at radius 1 is 1.29 bits per heavy atom. The molecular weight excluding hydrogens is 240 g/mol. The largest absolute Gasteiger partial charge is 0.299 e. The predicted octanol–water partition coefficient (Wildman–Crippen LogP) is 1.30. The number of benzene rings is 1. The topological polar surface area (TPSA) is 75.3 Å². The van der Waals surface area contributed by atoms with E-state index in [9.17, 15) is 13.2 Å². The number of ketones is 1. The molecule has 0 radical (unpaired) electrons. The second kappa shape index (κ2) is 4.46. The van der Waals surface area contributed by atoms with E-state index in [1.165, 1.54) is 6.92 Å². The number of hydrogen-bond acceptors (Lipinski definition) is 3. The highest BCUT2D eigenvalue weighted by Crippen LogP contribution is 2.21. The van der Waals surface area contributed by atoms with E-state index in [2.05, 4.69) is 9.44 Å². The molecule has 0 spiro atoms. The van der Waals surface area contributed by atoms with Crippen molar-refractivity contribution in [2.24, 2.45) is 0 Å². The molecular formula is C11H14N2O3S. The summed E-state index contributed by atoms with van der Waals surface area (Å²) in [6.07, 6.45) is 1.74. The summed E-state index contributed by atoms with van der Waals surface area (Å²) < 4.78 is 28.3. The van der Waals surface area contributed by atoms with Gasteiger partial charge < -0.3 is 0 Å². The van der Waals surface area contributed by atoms with Crippen LogP contribution in [0.4, 0.5) is 5.69 Å². The molecule has 1 aliphatic carbocycles. The van der Waals surface area contributed by atoms with Gasteiger partial charge >= 0.3 is 0 Å². The first-order valence-electron chi connectivity index (χ1n) is 5.38. The monoisotopic (exact) mass is 254 g/mol. The summed E-state index contributed by atoms with van der Waals surface area (Å²) in [4.78, 5) is 11.3. The van der Waals surface area contributed by atoms with Gasteiger partial charge in [0.1, 0.15) is 0 Å². The van der Waals surface area contributed by atoms with E-state index in [1.807, 2.05) is 0 Å². The van der Waals surface area contributed by atoms with E-state index in [-0.39, 0.29) is 11.8 Å². The predicted molar refractivity (Wildman–Crippen MR) is 65.1 cm³/mol. The van der Waals surface area contributed by atoms with Crippen LogP contribution in [0.25, 0.3) is 0 Å². The summed E-state index contributed by atoms with van der Waals surface area (Å²) >= 11 is 0. The molecule has 17 heavy (non-hydrogen) atoms.